The van der Waals surface area contributed by atoms with Gasteiger partial charge in [-0.3, -0.25) is 4.79 Å². The Bertz CT molecular complexity index is 256. The van der Waals surface area contributed by atoms with Crippen LogP contribution in [0.25, 0.3) is 0 Å². The maximum atomic E-state index is 12.4. The highest BCUT2D eigenvalue weighted by Crippen LogP contribution is 2.04. The SMILES string of the molecule is CCN(CC)CCN(CC(C)C)C(=O)C(N)CCOC. The maximum absolute atomic E-state index is 12.4. The number of carbonyl (C=O) groups excluding carboxylic acids is 1. The van der Waals surface area contributed by atoms with Gasteiger partial charge in [0.1, 0.15) is 0 Å². The van der Waals surface area contributed by atoms with E-state index in [0.717, 1.165) is 32.7 Å². The van der Waals surface area contributed by atoms with E-state index in [1.54, 1.807) is 7.11 Å². The summed E-state index contributed by atoms with van der Waals surface area (Å²) < 4.78 is 5.00. The van der Waals surface area contributed by atoms with Crippen LogP contribution in [-0.2, 0) is 9.53 Å². The Kier molecular flexibility index (Phi) is 10.7. The lowest BCUT2D eigenvalue weighted by Crippen LogP contribution is -2.48. The minimum absolute atomic E-state index is 0.0444. The molecule has 0 aromatic carbocycles. The van der Waals surface area contributed by atoms with Crippen molar-refractivity contribution in [1.29, 1.82) is 0 Å². The molecular weight excluding hydrogens is 254 g/mol. The number of methoxy groups -OCH3 is 1. The van der Waals surface area contributed by atoms with E-state index in [9.17, 15) is 4.79 Å². The lowest BCUT2D eigenvalue weighted by molar-refractivity contribution is -0.133. The second-order valence-corrected chi connectivity index (χ2v) is 5.59. The molecule has 0 saturated carbocycles. The van der Waals surface area contributed by atoms with E-state index < -0.39 is 6.04 Å². The Morgan fingerprint density at radius 3 is 2.25 bits per heavy atom. The van der Waals surface area contributed by atoms with Crippen LogP contribution in [0, 0.1) is 5.92 Å². The van der Waals surface area contributed by atoms with Crippen molar-refractivity contribution in [2.24, 2.45) is 11.7 Å². The molecule has 0 aliphatic carbocycles. The van der Waals surface area contributed by atoms with Crippen molar-refractivity contribution in [3.63, 3.8) is 0 Å². The number of hydrogen-bond acceptors (Lipinski definition) is 4. The third-order valence-corrected chi connectivity index (χ3v) is 3.43. The van der Waals surface area contributed by atoms with E-state index in [1.165, 1.54) is 0 Å². The van der Waals surface area contributed by atoms with Crippen LogP contribution < -0.4 is 5.73 Å². The van der Waals surface area contributed by atoms with Crippen LogP contribution in [0.4, 0.5) is 0 Å². The maximum Gasteiger partial charge on any atom is 0.239 e. The van der Waals surface area contributed by atoms with Gasteiger partial charge in [0.05, 0.1) is 6.04 Å². The average Bonchev–Trinajstić information content (AvgIpc) is 2.43. The Hall–Kier alpha value is -0.650. The zero-order valence-electron chi connectivity index (χ0n) is 13.9. The molecule has 5 heteroatoms. The lowest BCUT2D eigenvalue weighted by Gasteiger charge is -2.29. The highest BCUT2D eigenvalue weighted by molar-refractivity contribution is 5.81. The normalized spacial score (nSPS) is 13.0. The summed E-state index contributed by atoms with van der Waals surface area (Å²) in [6, 6.07) is -0.453. The molecule has 0 heterocycles. The fourth-order valence-electron chi connectivity index (χ4n) is 2.14. The van der Waals surface area contributed by atoms with Gasteiger partial charge in [-0.15, -0.1) is 0 Å². The van der Waals surface area contributed by atoms with Crippen molar-refractivity contribution in [3.05, 3.63) is 0 Å². The molecule has 0 spiro atoms. The van der Waals surface area contributed by atoms with Crippen LogP contribution in [-0.4, -0.2) is 68.2 Å². The standard InChI is InChI=1S/C15H33N3O2/c1-6-17(7-2)9-10-18(12-13(3)4)15(19)14(16)8-11-20-5/h13-14H,6-12,16H2,1-5H3. The summed E-state index contributed by atoms with van der Waals surface area (Å²) in [6.45, 7) is 13.5. The summed E-state index contributed by atoms with van der Waals surface area (Å²) >= 11 is 0. The molecule has 0 saturated heterocycles. The minimum Gasteiger partial charge on any atom is -0.385 e. The quantitative estimate of drug-likeness (QED) is 0.620. The van der Waals surface area contributed by atoms with Gasteiger partial charge in [0.15, 0.2) is 0 Å². The smallest absolute Gasteiger partial charge is 0.239 e. The molecule has 20 heavy (non-hydrogen) atoms. The third-order valence-electron chi connectivity index (χ3n) is 3.43. The molecule has 2 N–H and O–H groups in total. The van der Waals surface area contributed by atoms with Crippen molar-refractivity contribution in [2.45, 2.75) is 40.2 Å². The van der Waals surface area contributed by atoms with Gasteiger partial charge in [-0.1, -0.05) is 27.7 Å². The molecular formula is C15H33N3O2. The van der Waals surface area contributed by atoms with Gasteiger partial charge in [0, 0.05) is 33.4 Å². The summed E-state index contributed by atoms with van der Waals surface area (Å²) in [4.78, 5) is 16.6. The predicted molar refractivity (Wildman–Crippen MR) is 83.7 cm³/mol. The number of nitrogens with two attached hydrogens (primary N) is 1. The number of hydrogen-bond donors (Lipinski definition) is 1. The molecule has 1 amide bonds. The molecule has 1 unspecified atom stereocenters. The summed E-state index contributed by atoms with van der Waals surface area (Å²) in [5.74, 6) is 0.494. The van der Waals surface area contributed by atoms with Crippen molar-refractivity contribution < 1.29 is 9.53 Å². The van der Waals surface area contributed by atoms with Crippen LogP contribution >= 0.6 is 0 Å². The van der Waals surface area contributed by atoms with E-state index in [4.69, 9.17) is 10.5 Å². The van der Waals surface area contributed by atoms with Gasteiger partial charge in [-0.25, -0.2) is 0 Å². The van der Waals surface area contributed by atoms with Crippen LogP contribution in [0.15, 0.2) is 0 Å². The van der Waals surface area contributed by atoms with E-state index in [0.29, 0.717) is 18.9 Å². The number of ether oxygens (including phenoxy) is 1. The minimum atomic E-state index is -0.453. The van der Waals surface area contributed by atoms with Gasteiger partial charge < -0.3 is 20.3 Å². The van der Waals surface area contributed by atoms with E-state index >= 15 is 0 Å². The molecule has 0 bridgehead atoms. The van der Waals surface area contributed by atoms with Gasteiger partial charge in [0.25, 0.3) is 0 Å². The largest absolute Gasteiger partial charge is 0.385 e. The van der Waals surface area contributed by atoms with E-state index in [1.807, 2.05) is 4.90 Å². The fourth-order valence-corrected chi connectivity index (χ4v) is 2.14. The molecule has 120 valence electrons. The second kappa shape index (κ2) is 11.1. The van der Waals surface area contributed by atoms with Crippen LogP contribution in [0.1, 0.15) is 34.1 Å². The molecule has 0 aliphatic rings. The zero-order valence-corrected chi connectivity index (χ0v) is 13.9. The summed E-state index contributed by atoms with van der Waals surface area (Å²) in [5, 5.41) is 0. The Morgan fingerprint density at radius 1 is 1.20 bits per heavy atom. The molecule has 1 atom stereocenters. The molecule has 0 radical (unpaired) electrons. The predicted octanol–water partition coefficient (Wildman–Crippen LogP) is 1.18. The van der Waals surface area contributed by atoms with Crippen molar-refractivity contribution in [2.75, 3.05) is 46.4 Å². The number of rotatable bonds is 11. The third kappa shape index (κ3) is 7.82. The zero-order chi connectivity index (χ0) is 15.5. The monoisotopic (exact) mass is 287 g/mol. The lowest BCUT2D eigenvalue weighted by atomic mass is 10.1. The first-order chi connectivity index (χ1) is 9.46. The molecule has 0 rings (SSSR count). The van der Waals surface area contributed by atoms with E-state index in [-0.39, 0.29) is 5.91 Å². The average molecular weight is 287 g/mol. The number of amides is 1. The van der Waals surface area contributed by atoms with Gasteiger partial charge in [-0.05, 0) is 25.4 Å². The summed E-state index contributed by atoms with van der Waals surface area (Å²) in [6.07, 6.45) is 0.579. The van der Waals surface area contributed by atoms with Gasteiger partial charge >= 0.3 is 0 Å². The summed E-state index contributed by atoms with van der Waals surface area (Å²) in [7, 11) is 1.63. The van der Waals surface area contributed by atoms with Crippen molar-refractivity contribution in [1.82, 2.24) is 9.80 Å². The van der Waals surface area contributed by atoms with Crippen molar-refractivity contribution in [3.8, 4) is 0 Å². The number of likely N-dealkylation sites (N-methyl/N-ethyl adjacent to an activating group) is 1. The van der Waals surface area contributed by atoms with E-state index in [2.05, 4.69) is 32.6 Å². The first-order valence-corrected chi connectivity index (χ1v) is 7.71. The van der Waals surface area contributed by atoms with Gasteiger partial charge in [0.2, 0.25) is 5.91 Å². The van der Waals surface area contributed by atoms with Crippen LogP contribution in [0.5, 0.6) is 0 Å². The molecule has 0 aliphatic heterocycles. The number of carbonyl (C=O) groups is 1. The summed E-state index contributed by atoms with van der Waals surface area (Å²) in [5.41, 5.74) is 5.97. The fraction of sp³-hybridized carbons (Fsp3) is 0.933. The topological polar surface area (TPSA) is 58.8 Å². The first-order valence-electron chi connectivity index (χ1n) is 7.71. The first kappa shape index (κ1) is 19.4. The Balaban J connectivity index is 4.49. The molecule has 5 nitrogen and oxygen atoms in total. The Morgan fingerprint density at radius 2 is 1.80 bits per heavy atom. The second-order valence-electron chi connectivity index (χ2n) is 5.59. The molecule has 0 aromatic rings. The highest BCUT2D eigenvalue weighted by atomic mass is 16.5. The van der Waals surface area contributed by atoms with Crippen LogP contribution in [0.2, 0.25) is 0 Å². The van der Waals surface area contributed by atoms with Crippen molar-refractivity contribution >= 4 is 5.91 Å². The molecule has 0 aromatic heterocycles. The highest BCUT2D eigenvalue weighted by Gasteiger charge is 2.21. The Labute approximate surface area is 124 Å². The molecule has 0 fully saturated rings. The number of nitrogens with zero attached hydrogens (tertiary/aromatic N) is 2. The van der Waals surface area contributed by atoms with Gasteiger partial charge in [-0.2, -0.15) is 0 Å². The van der Waals surface area contributed by atoms with Crippen LogP contribution in [0.3, 0.4) is 0 Å².